The van der Waals surface area contributed by atoms with Crippen LogP contribution in [0.4, 0.5) is 0 Å². The van der Waals surface area contributed by atoms with Crippen molar-refractivity contribution in [2.45, 2.75) is 280 Å². The number of allylic oxidation sites excluding steroid dienone is 1. The second-order valence-corrected chi connectivity index (χ2v) is 38.7. The number of likely N-dealkylation sites (tertiary alicyclic amines) is 4. The van der Waals surface area contributed by atoms with Crippen LogP contribution in [0.3, 0.4) is 0 Å². The van der Waals surface area contributed by atoms with Gasteiger partial charge in [0.1, 0.15) is 47.4 Å². The van der Waals surface area contributed by atoms with Crippen molar-refractivity contribution in [2.24, 2.45) is 58.3 Å². The van der Waals surface area contributed by atoms with E-state index in [9.17, 15) is 44.4 Å². The lowest BCUT2D eigenvalue weighted by Crippen LogP contribution is -2.78. The molecule has 15 N–H and O–H groups in total. The fourth-order valence-corrected chi connectivity index (χ4v) is 27.5. The lowest BCUT2D eigenvalue weighted by atomic mass is 9.47. The average Bonchev–Trinajstić information content (AvgIpc) is 1.63. The molecule has 12 fully saturated rings. The minimum atomic E-state index is -0.957. The normalized spacial score (nSPS) is 39.5. The Bertz CT molecular complexity index is 4660. The Morgan fingerprint density at radius 1 is 0.456 bits per heavy atom. The van der Waals surface area contributed by atoms with Crippen molar-refractivity contribution >= 4 is 29.5 Å². The Morgan fingerprint density at radius 3 is 1.18 bits per heavy atom. The van der Waals surface area contributed by atoms with Gasteiger partial charge in [0.2, 0.25) is 5.91 Å². The minimum absolute atomic E-state index is 0. The summed E-state index contributed by atoms with van der Waals surface area (Å²) in [7, 11) is 0. The smallest absolute Gasteiger partial charge is 0.252 e. The summed E-state index contributed by atoms with van der Waals surface area (Å²) in [5.41, 5.74) is 35.4. The first kappa shape index (κ1) is 75.3. The topological polar surface area (TPSA) is 358 Å². The summed E-state index contributed by atoms with van der Waals surface area (Å²) in [6.45, 7) is 16.5. The second kappa shape index (κ2) is 26.0. The first-order valence-electron chi connectivity index (χ1n) is 43.0. The zero-order chi connectivity index (χ0) is 77.9. The Morgan fingerprint density at radius 2 is 0.789 bits per heavy atom. The van der Waals surface area contributed by atoms with Crippen molar-refractivity contribution in [3.63, 3.8) is 0 Å². The largest absolute Gasteiger partial charge is 0.488 e. The Balaban J connectivity index is 0.0000000985. The van der Waals surface area contributed by atoms with E-state index in [2.05, 4.69) is 44.5 Å². The highest BCUT2D eigenvalue weighted by molar-refractivity contribution is 5.99. The molecule has 8 saturated carbocycles. The number of amides is 5. The third kappa shape index (κ3) is 10.2. The van der Waals surface area contributed by atoms with Crippen molar-refractivity contribution in [1.29, 1.82) is 0 Å². The number of piperidine rings is 4. The van der Waals surface area contributed by atoms with Gasteiger partial charge in [0.15, 0.2) is 0 Å². The SMILES string of the molecule is C.C/C=C/C(=O)N[C@@H]1CC[C@@]2(O)[C@H]3Cc4ccc(C(N)=O)c5c4[C@@]2(CCN3CC2CC2)[C@H]1O5.C=C1CC[C@@]2(O)[C@H]3Cc4ccc(C(N)=O)c5c4[C@@]2(CCN3CC2CC2)[C@H]1O5.C[C@@H]1CC[C@@]2(O)[C@H]3Cc4ccc(C(N)=O)c5c4[C@@]2(CCN3CC2CC2)[C@H]1O5.NC(=O)c1ccc2c3c1O[C@H]1[C@H](N)CC[C@@]4(O)[C@@H](C2)N(CC2CC2)CC[C@]314. The molecular formula is C91H116N10O13. The third-order valence-corrected chi connectivity index (χ3v) is 33.1. The molecule has 5 amide bonds. The predicted octanol–water partition coefficient (Wildman–Crippen LogP) is 6.62. The van der Waals surface area contributed by atoms with Crippen molar-refractivity contribution in [2.75, 3.05) is 52.4 Å². The van der Waals surface area contributed by atoms with Crippen LogP contribution in [-0.2, 0) is 52.1 Å². The van der Waals surface area contributed by atoms with Gasteiger partial charge in [-0.1, -0.05) is 51.3 Å². The van der Waals surface area contributed by atoms with Crippen LogP contribution in [0.5, 0.6) is 23.0 Å². The lowest BCUT2D eigenvalue weighted by molar-refractivity contribution is -0.196. The molecule has 608 valence electrons. The predicted molar refractivity (Wildman–Crippen MR) is 426 cm³/mol. The standard InChI is InChI=1S/C25H31N3O4.C22H28N2O3.C22H26N2O3.C21H27N3O3.CH4/c1-2-3-19(29)27-17-8-9-25(31)18-12-15-6-7-16(23(26)30)21-20(15)24(25,22(17)32-21)10-11-28(18)13-14-4-5-14;2*1-12-6-7-22(26)16-10-14-4-5-15(20(23)25)18-17(14)21(22,19(12)27-18)8-9-24(16)11-13-2-3-13;22-14-5-6-21(26)15-9-12-3-4-13(19(23)25)17-16(12)20(21,18(14)27-17)7-8-24(15)10-11-1-2-11;/h2-3,6-7,14,17-18,22,31H,4-5,8-13H2,1H3,(H2,26,30)(H,27,29);4-5,12-13,16,19,26H,2-3,6-11H2,1H3,(H2,23,25);4-5,13,16,19,26H,1-3,6-11H2,(H2,23,25);3-4,11,14-15,18,26H,1-2,5-10,22H2,(H2,23,25);1H4/b3-2+;;;;/t17-,18-,22+,24+,25-;12-,16-,19+,21+,22-;16-,19+,21+,22-;14-,15-,18+,20+,21-;/m1111./s1. The van der Waals surface area contributed by atoms with E-state index in [1.54, 1.807) is 24.3 Å². The van der Waals surface area contributed by atoms with Gasteiger partial charge in [-0.2, -0.15) is 0 Å². The van der Waals surface area contributed by atoms with E-state index < -0.39 is 68.4 Å². The molecule has 12 aliphatic carbocycles. The number of benzene rings is 4. The molecule has 8 bridgehead atoms. The van der Waals surface area contributed by atoms with E-state index >= 15 is 0 Å². The highest BCUT2D eigenvalue weighted by Crippen LogP contribution is 2.71. The van der Waals surface area contributed by atoms with Gasteiger partial charge in [0.05, 0.1) is 72.4 Å². The van der Waals surface area contributed by atoms with Gasteiger partial charge in [-0.25, -0.2) is 0 Å². The number of hydrogen-bond donors (Lipinski definition) is 10. The van der Waals surface area contributed by atoms with Gasteiger partial charge < -0.3 is 73.4 Å². The monoisotopic (exact) mass is 1560 g/mol. The van der Waals surface area contributed by atoms with Crippen LogP contribution < -0.4 is 52.9 Å². The van der Waals surface area contributed by atoms with Crippen LogP contribution in [0.2, 0.25) is 0 Å². The van der Waals surface area contributed by atoms with Gasteiger partial charge in [-0.05, 0) is 275 Å². The molecule has 4 aromatic carbocycles. The number of rotatable bonds is 14. The quantitative estimate of drug-likeness (QED) is 0.0468. The maximum absolute atomic E-state index is 12.4. The second-order valence-electron chi connectivity index (χ2n) is 38.7. The number of carbonyl (C=O) groups is 5. The van der Waals surface area contributed by atoms with Gasteiger partial charge >= 0.3 is 0 Å². The molecule has 20 aliphatic rings. The maximum atomic E-state index is 12.4. The van der Waals surface area contributed by atoms with Crippen LogP contribution in [0.1, 0.15) is 236 Å². The Kier molecular flexibility index (Phi) is 17.2. The molecule has 24 rings (SSSR count). The van der Waals surface area contributed by atoms with E-state index in [1.807, 2.05) is 31.2 Å². The summed E-state index contributed by atoms with van der Waals surface area (Å²) < 4.78 is 25.8. The van der Waals surface area contributed by atoms with Gasteiger partial charge in [-0.15, -0.1) is 0 Å². The third-order valence-electron chi connectivity index (χ3n) is 33.1. The summed E-state index contributed by atoms with van der Waals surface area (Å²) >= 11 is 0. The van der Waals surface area contributed by atoms with Crippen LogP contribution in [0, 0.1) is 29.6 Å². The molecule has 0 aromatic heterocycles. The number of nitrogens with one attached hydrogen (secondary N) is 1. The highest BCUT2D eigenvalue weighted by atomic mass is 16.5. The Hall–Kier alpha value is -7.45. The molecule has 4 spiro atoms. The summed E-state index contributed by atoms with van der Waals surface area (Å²) in [5.74, 6) is 3.84. The summed E-state index contributed by atoms with van der Waals surface area (Å²) in [6, 6.07) is 15.3. The average molecular weight is 1560 g/mol. The lowest BCUT2D eigenvalue weighted by Gasteiger charge is -2.64. The number of primary amides is 4. The zero-order valence-electron chi connectivity index (χ0n) is 65.4. The van der Waals surface area contributed by atoms with Crippen LogP contribution >= 0.6 is 0 Å². The Labute approximate surface area is 667 Å². The molecule has 114 heavy (non-hydrogen) atoms. The van der Waals surface area contributed by atoms with E-state index in [0.717, 1.165) is 193 Å². The van der Waals surface area contributed by atoms with Crippen molar-refractivity contribution < 1.29 is 63.3 Å². The van der Waals surface area contributed by atoms with Gasteiger partial charge in [-0.3, -0.25) is 43.6 Å². The molecule has 23 heteroatoms. The highest BCUT2D eigenvalue weighted by Gasteiger charge is 2.77. The molecule has 23 nitrogen and oxygen atoms in total. The van der Waals surface area contributed by atoms with E-state index in [4.69, 9.17) is 47.6 Å². The molecule has 0 unspecified atom stereocenters. The van der Waals surface area contributed by atoms with Crippen molar-refractivity contribution in [3.8, 4) is 23.0 Å². The van der Waals surface area contributed by atoms with Crippen LogP contribution in [-0.4, -0.2) is 205 Å². The summed E-state index contributed by atoms with van der Waals surface area (Å²) in [4.78, 5) is 71.0. The van der Waals surface area contributed by atoms with Gasteiger partial charge in [0.25, 0.3) is 23.6 Å². The van der Waals surface area contributed by atoms with E-state index in [1.165, 1.54) is 74.1 Å². The number of nitrogens with two attached hydrogens (primary N) is 5. The molecule has 19 atom stereocenters. The van der Waals surface area contributed by atoms with E-state index in [-0.39, 0.29) is 73.3 Å². The molecular weight excluding hydrogens is 1440 g/mol. The number of aliphatic hydroxyl groups is 4. The summed E-state index contributed by atoms with van der Waals surface area (Å²) in [5, 5.41) is 52.1. The number of carbonyl (C=O) groups excluding carboxylic acids is 5. The molecule has 8 heterocycles. The molecule has 0 radical (unpaired) electrons. The van der Waals surface area contributed by atoms with Crippen LogP contribution in [0.15, 0.2) is 72.8 Å². The number of ether oxygens (including phenoxy) is 4. The van der Waals surface area contributed by atoms with Crippen molar-refractivity contribution in [3.05, 3.63) is 140 Å². The first-order chi connectivity index (χ1) is 54.2. The van der Waals surface area contributed by atoms with E-state index in [0.29, 0.717) is 70.4 Å². The number of nitrogens with zero attached hydrogens (tertiary/aromatic N) is 4. The number of hydrogen-bond acceptors (Lipinski definition) is 18. The molecule has 4 saturated heterocycles. The van der Waals surface area contributed by atoms with Gasteiger partial charge in [0, 0.05) is 78.6 Å². The fraction of sp³-hybridized carbons (Fsp3) is 0.637. The van der Waals surface area contributed by atoms with Crippen molar-refractivity contribution in [1.82, 2.24) is 24.9 Å². The maximum Gasteiger partial charge on any atom is 0.252 e. The van der Waals surface area contributed by atoms with Crippen LogP contribution in [0.25, 0.3) is 0 Å². The molecule has 4 aromatic rings. The molecule has 8 aliphatic heterocycles. The minimum Gasteiger partial charge on any atom is -0.488 e. The first-order valence-corrected chi connectivity index (χ1v) is 43.0. The summed E-state index contributed by atoms with van der Waals surface area (Å²) in [6.07, 6.45) is 25.2. The fourth-order valence-electron chi connectivity index (χ4n) is 27.5. The zero-order valence-corrected chi connectivity index (χ0v) is 65.4.